The number of nitrogens with zero attached hydrogens (tertiary/aromatic N) is 1. The van der Waals surface area contributed by atoms with Gasteiger partial charge in [-0.2, -0.15) is 0 Å². The molecule has 0 amide bonds. The van der Waals surface area contributed by atoms with E-state index < -0.39 is 0 Å². The Labute approximate surface area is 92.3 Å². The maximum absolute atomic E-state index is 4.18. The highest BCUT2D eigenvalue weighted by molar-refractivity contribution is 5.53. The third kappa shape index (κ3) is 4.68. The molecule has 0 aliphatic heterocycles. The van der Waals surface area contributed by atoms with Gasteiger partial charge in [0.1, 0.15) is 0 Å². The molecule has 1 aromatic rings. The van der Waals surface area contributed by atoms with Crippen LogP contribution in [0.1, 0.15) is 27.2 Å². The minimum absolute atomic E-state index is 0.738. The van der Waals surface area contributed by atoms with Gasteiger partial charge in [-0.15, -0.1) is 0 Å². The average molecular weight is 207 g/mol. The van der Waals surface area contributed by atoms with Gasteiger partial charge in [0.05, 0.1) is 23.8 Å². The first-order valence-corrected chi connectivity index (χ1v) is 5.65. The van der Waals surface area contributed by atoms with E-state index in [9.17, 15) is 0 Å². The molecule has 0 saturated heterocycles. The summed E-state index contributed by atoms with van der Waals surface area (Å²) in [4.78, 5) is 4.18. The highest BCUT2D eigenvalue weighted by atomic mass is 14.9. The summed E-state index contributed by atoms with van der Waals surface area (Å²) in [7, 11) is 0. The topological polar surface area (TPSA) is 37.0 Å². The Hall–Kier alpha value is -1.25. The van der Waals surface area contributed by atoms with E-state index in [0.29, 0.717) is 0 Å². The molecule has 3 nitrogen and oxygen atoms in total. The van der Waals surface area contributed by atoms with Crippen molar-refractivity contribution in [3.8, 4) is 0 Å². The first-order chi connectivity index (χ1) is 7.22. The Morgan fingerprint density at radius 3 is 2.47 bits per heavy atom. The van der Waals surface area contributed by atoms with Crippen LogP contribution in [-0.2, 0) is 0 Å². The van der Waals surface area contributed by atoms with Crippen molar-refractivity contribution in [2.45, 2.75) is 27.2 Å². The van der Waals surface area contributed by atoms with Gasteiger partial charge < -0.3 is 10.6 Å². The van der Waals surface area contributed by atoms with Crippen LogP contribution in [0.25, 0.3) is 0 Å². The second-order valence-electron chi connectivity index (χ2n) is 4.10. The highest BCUT2D eigenvalue weighted by Gasteiger charge is 1.96. The lowest BCUT2D eigenvalue weighted by Crippen LogP contribution is -2.05. The zero-order chi connectivity index (χ0) is 11.1. The standard InChI is InChI=1S/C12H21N3/c1-4-14-11-7-12(9-13-8-11)15-6-5-10(2)3/h7-10,14-15H,4-6H2,1-3H3. The Bertz CT molecular complexity index is 284. The van der Waals surface area contributed by atoms with E-state index >= 15 is 0 Å². The van der Waals surface area contributed by atoms with E-state index in [4.69, 9.17) is 0 Å². The molecule has 0 aromatic carbocycles. The summed E-state index contributed by atoms with van der Waals surface area (Å²) in [5.74, 6) is 0.738. The summed E-state index contributed by atoms with van der Waals surface area (Å²) in [6.07, 6.45) is 4.89. The quantitative estimate of drug-likeness (QED) is 0.753. The molecule has 0 aliphatic rings. The SMILES string of the molecule is CCNc1cncc(NCCC(C)C)c1. The van der Waals surface area contributed by atoms with Crippen LogP contribution < -0.4 is 10.6 Å². The van der Waals surface area contributed by atoms with Gasteiger partial charge in [-0.05, 0) is 25.3 Å². The van der Waals surface area contributed by atoms with Gasteiger partial charge in [0.2, 0.25) is 0 Å². The molecule has 2 N–H and O–H groups in total. The summed E-state index contributed by atoms with van der Waals surface area (Å²) in [5.41, 5.74) is 2.17. The third-order valence-electron chi connectivity index (χ3n) is 2.17. The Morgan fingerprint density at radius 2 is 1.87 bits per heavy atom. The van der Waals surface area contributed by atoms with Gasteiger partial charge in [-0.3, -0.25) is 4.98 Å². The van der Waals surface area contributed by atoms with Crippen LogP contribution in [0, 0.1) is 5.92 Å². The Kier molecular flexibility index (Phi) is 4.95. The smallest absolute Gasteiger partial charge is 0.0547 e. The number of anilines is 2. The Morgan fingerprint density at radius 1 is 1.20 bits per heavy atom. The van der Waals surface area contributed by atoms with Crippen LogP contribution in [0.15, 0.2) is 18.5 Å². The van der Waals surface area contributed by atoms with Crippen molar-refractivity contribution in [2.75, 3.05) is 23.7 Å². The minimum atomic E-state index is 0.738. The van der Waals surface area contributed by atoms with Gasteiger partial charge >= 0.3 is 0 Å². The number of nitrogens with one attached hydrogen (secondary N) is 2. The molecule has 0 atom stereocenters. The van der Waals surface area contributed by atoms with Gasteiger partial charge in [-0.1, -0.05) is 13.8 Å². The van der Waals surface area contributed by atoms with Crippen LogP contribution in [0.2, 0.25) is 0 Å². The van der Waals surface area contributed by atoms with Crippen molar-refractivity contribution in [3.05, 3.63) is 18.5 Å². The minimum Gasteiger partial charge on any atom is -0.384 e. The van der Waals surface area contributed by atoms with Crippen molar-refractivity contribution >= 4 is 11.4 Å². The summed E-state index contributed by atoms with van der Waals surface area (Å²) < 4.78 is 0. The zero-order valence-corrected chi connectivity index (χ0v) is 9.88. The fourth-order valence-electron chi connectivity index (χ4n) is 1.34. The van der Waals surface area contributed by atoms with Gasteiger partial charge in [0, 0.05) is 13.1 Å². The average Bonchev–Trinajstić information content (AvgIpc) is 2.18. The highest BCUT2D eigenvalue weighted by Crippen LogP contribution is 2.12. The molecule has 0 saturated carbocycles. The second-order valence-corrected chi connectivity index (χ2v) is 4.10. The Balaban J connectivity index is 2.43. The zero-order valence-electron chi connectivity index (χ0n) is 9.88. The lowest BCUT2D eigenvalue weighted by atomic mass is 10.1. The molecule has 3 heteroatoms. The van der Waals surface area contributed by atoms with Crippen molar-refractivity contribution in [2.24, 2.45) is 5.92 Å². The third-order valence-corrected chi connectivity index (χ3v) is 2.17. The van der Waals surface area contributed by atoms with Crippen molar-refractivity contribution < 1.29 is 0 Å². The fourth-order valence-corrected chi connectivity index (χ4v) is 1.34. The summed E-state index contributed by atoms with van der Waals surface area (Å²) in [6, 6.07) is 2.09. The first kappa shape index (κ1) is 11.8. The molecule has 0 aliphatic carbocycles. The summed E-state index contributed by atoms with van der Waals surface area (Å²) in [5, 5.41) is 6.62. The fraction of sp³-hybridized carbons (Fsp3) is 0.583. The molecule has 1 rings (SSSR count). The molecule has 0 radical (unpaired) electrons. The predicted octanol–water partition coefficient (Wildman–Crippen LogP) is 2.97. The molecule has 0 bridgehead atoms. The van der Waals surface area contributed by atoms with Crippen LogP contribution >= 0.6 is 0 Å². The molecule has 84 valence electrons. The number of aromatic nitrogens is 1. The lowest BCUT2D eigenvalue weighted by Gasteiger charge is -2.09. The molecule has 1 aromatic heterocycles. The van der Waals surface area contributed by atoms with E-state index in [0.717, 1.165) is 30.4 Å². The predicted molar refractivity (Wildman–Crippen MR) is 66.3 cm³/mol. The van der Waals surface area contributed by atoms with E-state index in [1.807, 2.05) is 12.4 Å². The summed E-state index contributed by atoms with van der Waals surface area (Å²) >= 11 is 0. The van der Waals surface area contributed by atoms with Gasteiger partial charge in [-0.25, -0.2) is 0 Å². The maximum Gasteiger partial charge on any atom is 0.0547 e. The first-order valence-electron chi connectivity index (χ1n) is 5.65. The van der Waals surface area contributed by atoms with Gasteiger partial charge in [0.15, 0.2) is 0 Å². The van der Waals surface area contributed by atoms with E-state index in [1.54, 1.807) is 0 Å². The van der Waals surface area contributed by atoms with E-state index in [-0.39, 0.29) is 0 Å². The lowest BCUT2D eigenvalue weighted by molar-refractivity contribution is 0.607. The van der Waals surface area contributed by atoms with E-state index in [2.05, 4.69) is 42.5 Å². The number of pyridine rings is 1. The molecular formula is C12H21N3. The van der Waals surface area contributed by atoms with Crippen molar-refractivity contribution in [3.63, 3.8) is 0 Å². The molecule has 15 heavy (non-hydrogen) atoms. The number of hydrogen-bond acceptors (Lipinski definition) is 3. The van der Waals surface area contributed by atoms with Crippen LogP contribution in [0.5, 0.6) is 0 Å². The van der Waals surface area contributed by atoms with Gasteiger partial charge in [0.25, 0.3) is 0 Å². The van der Waals surface area contributed by atoms with Crippen LogP contribution in [0.4, 0.5) is 11.4 Å². The largest absolute Gasteiger partial charge is 0.384 e. The molecule has 0 fully saturated rings. The maximum atomic E-state index is 4.18. The normalized spacial score (nSPS) is 10.4. The number of rotatable bonds is 6. The van der Waals surface area contributed by atoms with Crippen LogP contribution in [0.3, 0.4) is 0 Å². The van der Waals surface area contributed by atoms with Crippen LogP contribution in [-0.4, -0.2) is 18.1 Å². The van der Waals surface area contributed by atoms with E-state index in [1.165, 1.54) is 6.42 Å². The van der Waals surface area contributed by atoms with Crippen molar-refractivity contribution in [1.82, 2.24) is 4.98 Å². The summed E-state index contributed by atoms with van der Waals surface area (Å²) in [6.45, 7) is 8.48. The second kappa shape index (κ2) is 6.27. The molecule has 0 spiro atoms. The molecule has 1 heterocycles. The molecular weight excluding hydrogens is 186 g/mol. The van der Waals surface area contributed by atoms with Crippen molar-refractivity contribution in [1.29, 1.82) is 0 Å². The monoisotopic (exact) mass is 207 g/mol. The molecule has 0 unspecified atom stereocenters. The number of hydrogen-bond donors (Lipinski definition) is 2.